The number of nitrogens with one attached hydrogen (secondary N) is 2. The second-order valence-corrected chi connectivity index (χ2v) is 8.21. The lowest BCUT2D eigenvalue weighted by atomic mass is 9.95. The molecule has 0 aliphatic carbocycles. The number of thiophene rings is 1. The lowest BCUT2D eigenvalue weighted by Gasteiger charge is -2.26. The highest BCUT2D eigenvalue weighted by Crippen LogP contribution is 2.33. The summed E-state index contributed by atoms with van der Waals surface area (Å²) in [6.07, 6.45) is 2.28. The van der Waals surface area contributed by atoms with Crippen molar-refractivity contribution >= 4 is 27.5 Å². The molecule has 6 nitrogen and oxygen atoms in total. The normalized spacial score (nSPS) is 20.5. The maximum Gasteiger partial charge on any atom is 0.261 e. The van der Waals surface area contributed by atoms with E-state index in [1.165, 1.54) is 11.3 Å². The van der Waals surface area contributed by atoms with Gasteiger partial charge in [-0.1, -0.05) is 30.3 Å². The fourth-order valence-electron chi connectivity index (χ4n) is 3.58. The van der Waals surface area contributed by atoms with Crippen LogP contribution in [0.1, 0.15) is 28.9 Å². The van der Waals surface area contributed by atoms with Crippen LogP contribution in [0.3, 0.4) is 0 Å². The van der Waals surface area contributed by atoms with Crippen molar-refractivity contribution in [2.45, 2.75) is 24.9 Å². The van der Waals surface area contributed by atoms with Gasteiger partial charge >= 0.3 is 0 Å². The largest absolute Gasteiger partial charge is 0.388 e. The van der Waals surface area contributed by atoms with E-state index in [4.69, 9.17) is 0 Å². The predicted molar refractivity (Wildman–Crippen MR) is 108 cm³/mol. The summed E-state index contributed by atoms with van der Waals surface area (Å²) in [6.45, 7) is 1.98. The van der Waals surface area contributed by atoms with E-state index in [2.05, 4.69) is 15.7 Å². The Labute approximate surface area is 162 Å². The van der Waals surface area contributed by atoms with Gasteiger partial charge in [-0.15, -0.1) is 11.3 Å². The molecule has 0 spiro atoms. The first-order valence-corrected chi connectivity index (χ1v) is 10.1. The SMILES string of the molecule is Cn1nc(-c2ccccc2)c2cc(C(=O)NC[C@]3(O)CCCNCC3)sc21. The molecule has 1 atom stereocenters. The molecule has 0 radical (unpaired) electrons. The minimum absolute atomic E-state index is 0.138. The molecular formula is C20H24N4O2S. The zero-order valence-corrected chi connectivity index (χ0v) is 16.2. The van der Waals surface area contributed by atoms with Crippen LogP contribution in [-0.4, -0.2) is 46.0 Å². The van der Waals surface area contributed by atoms with Crippen molar-refractivity contribution in [3.05, 3.63) is 41.3 Å². The third kappa shape index (κ3) is 3.76. The van der Waals surface area contributed by atoms with Gasteiger partial charge < -0.3 is 15.7 Å². The van der Waals surface area contributed by atoms with Gasteiger partial charge in [-0.2, -0.15) is 5.10 Å². The first kappa shape index (κ1) is 18.2. The molecule has 3 aromatic rings. The fourth-order valence-corrected chi connectivity index (χ4v) is 4.57. The number of hydrogen-bond donors (Lipinski definition) is 3. The third-order valence-electron chi connectivity index (χ3n) is 5.12. The molecule has 1 saturated heterocycles. The van der Waals surface area contributed by atoms with Gasteiger partial charge in [0.1, 0.15) is 10.5 Å². The Bertz CT molecular complexity index is 940. The molecule has 1 aliphatic rings. The number of rotatable bonds is 4. The van der Waals surface area contributed by atoms with Crippen LogP contribution in [0.25, 0.3) is 21.5 Å². The van der Waals surface area contributed by atoms with Gasteiger partial charge in [-0.3, -0.25) is 9.48 Å². The number of benzene rings is 1. The molecular weight excluding hydrogens is 360 g/mol. The predicted octanol–water partition coefficient (Wildman–Crippen LogP) is 2.54. The summed E-state index contributed by atoms with van der Waals surface area (Å²) in [5.74, 6) is -0.138. The minimum atomic E-state index is -0.827. The average molecular weight is 385 g/mol. The van der Waals surface area contributed by atoms with Crippen molar-refractivity contribution in [1.82, 2.24) is 20.4 Å². The van der Waals surface area contributed by atoms with Crippen LogP contribution in [0.5, 0.6) is 0 Å². The molecule has 142 valence electrons. The highest BCUT2D eigenvalue weighted by Gasteiger charge is 2.29. The number of nitrogens with zero attached hydrogens (tertiary/aromatic N) is 2. The van der Waals surface area contributed by atoms with Gasteiger partial charge in [-0.25, -0.2) is 0 Å². The molecule has 4 rings (SSSR count). The Morgan fingerprint density at radius 1 is 1.33 bits per heavy atom. The van der Waals surface area contributed by atoms with E-state index in [0.717, 1.165) is 41.0 Å². The zero-order chi connectivity index (χ0) is 18.9. The highest BCUT2D eigenvalue weighted by atomic mass is 32.1. The van der Waals surface area contributed by atoms with Crippen LogP contribution in [-0.2, 0) is 7.05 Å². The standard InChI is InChI=1S/C20H24N4O2S/c1-24-19-15(17(23-24)14-6-3-2-4-7-14)12-16(27-19)18(25)22-13-20(26)8-5-10-21-11-9-20/h2-4,6-7,12,21,26H,5,8-11,13H2,1H3,(H,22,25)/t20-/m0/s1. The van der Waals surface area contributed by atoms with E-state index in [1.54, 1.807) is 0 Å². The molecule has 3 heterocycles. The number of carbonyl (C=O) groups excluding carboxylic acids is 1. The van der Waals surface area contributed by atoms with Gasteiger partial charge in [0.05, 0.1) is 10.5 Å². The molecule has 27 heavy (non-hydrogen) atoms. The zero-order valence-electron chi connectivity index (χ0n) is 15.4. The van der Waals surface area contributed by atoms with E-state index >= 15 is 0 Å². The smallest absolute Gasteiger partial charge is 0.261 e. The Balaban J connectivity index is 1.54. The van der Waals surface area contributed by atoms with E-state index < -0.39 is 5.60 Å². The first-order valence-electron chi connectivity index (χ1n) is 9.29. The van der Waals surface area contributed by atoms with E-state index in [0.29, 0.717) is 17.7 Å². The number of amides is 1. The summed E-state index contributed by atoms with van der Waals surface area (Å²) < 4.78 is 1.82. The first-order chi connectivity index (χ1) is 13.1. The fraction of sp³-hybridized carbons (Fsp3) is 0.400. The molecule has 7 heteroatoms. The summed E-state index contributed by atoms with van der Waals surface area (Å²) in [5, 5.41) is 22.5. The van der Waals surface area contributed by atoms with E-state index in [-0.39, 0.29) is 12.5 Å². The lowest BCUT2D eigenvalue weighted by molar-refractivity contribution is 0.0276. The summed E-state index contributed by atoms with van der Waals surface area (Å²) >= 11 is 1.43. The lowest BCUT2D eigenvalue weighted by Crippen LogP contribution is -2.43. The second kappa shape index (κ2) is 7.42. The topological polar surface area (TPSA) is 79.2 Å². The summed E-state index contributed by atoms with van der Waals surface area (Å²) in [4.78, 5) is 14.3. The van der Waals surface area contributed by atoms with Gasteiger partial charge in [0.2, 0.25) is 0 Å². The van der Waals surface area contributed by atoms with Crippen molar-refractivity contribution in [3.63, 3.8) is 0 Å². The van der Waals surface area contributed by atoms with Crippen LogP contribution in [0.4, 0.5) is 0 Å². The number of aromatic nitrogens is 2. The minimum Gasteiger partial charge on any atom is -0.388 e. The molecule has 2 aromatic heterocycles. The van der Waals surface area contributed by atoms with Crippen molar-refractivity contribution < 1.29 is 9.90 Å². The maximum atomic E-state index is 12.7. The average Bonchev–Trinajstić information content (AvgIpc) is 3.16. The molecule has 1 aliphatic heterocycles. The van der Waals surface area contributed by atoms with Gasteiger partial charge in [0.15, 0.2) is 0 Å². The Hall–Kier alpha value is -2.22. The van der Waals surface area contributed by atoms with E-state index in [9.17, 15) is 9.90 Å². The summed E-state index contributed by atoms with van der Waals surface area (Å²) in [5.41, 5.74) is 1.09. The number of fused-ring (bicyclic) bond motifs is 1. The molecule has 0 unspecified atom stereocenters. The van der Waals surface area contributed by atoms with Gasteiger partial charge in [0, 0.05) is 24.5 Å². The molecule has 1 aromatic carbocycles. The second-order valence-electron chi connectivity index (χ2n) is 7.18. The highest BCUT2D eigenvalue weighted by molar-refractivity contribution is 7.20. The van der Waals surface area contributed by atoms with Crippen molar-refractivity contribution in [2.24, 2.45) is 7.05 Å². The van der Waals surface area contributed by atoms with Crippen molar-refractivity contribution in [3.8, 4) is 11.3 Å². The van der Waals surface area contributed by atoms with Crippen LogP contribution in [0, 0.1) is 0 Å². The Kier molecular flexibility index (Phi) is 4.99. The van der Waals surface area contributed by atoms with Crippen LogP contribution in [0.15, 0.2) is 36.4 Å². The van der Waals surface area contributed by atoms with Crippen molar-refractivity contribution in [1.29, 1.82) is 0 Å². The Morgan fingerprint density at radius 3 is 2.96 bits per heavy atom. The monoisotopic (exact) mass is 384 g/mol. The molecule has 1 fully saturated rings. The van der Waals surface area contributed by atoms with Crippen LogP contribution < -0.4 is 10.6 Å². The van der Waals surface area contributed by atoms with Crippen molar-refractivity contribution in [2.75, 3.05) is 19.6 Å². The number of aliphatic hydroxyl groups is 1. The van der Waals surface area contributed by atoms with Crippen LogP contribution in [0.2, 0.25) is 0 Å². The number of aryl methyl sites for hydroxylation is 1. The molecule has 3 N–H and O–H groups in total. The maximum absolute atomic E-state index is 12.7. The van der Waals surface area contributed by atoms with Crippen LogP contribution >= 0.6 is 11.3 Å². The van der Waals surface area contributed by atoms with Gasteiger partial charge in [-0.05, 0) is 38.4 Å². The van der Waals surface area contributed by atoms with E-state index in [1.807, 2.05) is 48.1 Å². The molecule has 0 saturated carbocycles. The quantitative estimate of drug-likeness (QED) is 0.646. The third-order valence-corrected chi connectivity index (χ3v) is 6.32. The molecule has 0 bridgehead atoms. The Morgan fingerprint density at radius 2 is 2.15 bits per heavy atom. The molecule has 1 amide bonds. The summed E-state index contributed by atoms with van der Waals surface area (Å²) in [6, 6.07) is 11.9. The number of hydrogen-bond acceptors (Lipinski definition) is 5. The number of carbonyl (C=O) groups is 1. The summed E-state index contributed by atoms with van der Waals surface area (Å²) in [7, 11) is 1.90. The van der Waals surface area contributed by atoms with Gasteiger partial charge in [0.25, 0.3) is 5.91 Å².